The van der Waals surface area contributed by atoms with E-state index in [4.69, 9.17) is 27.8 Å². The van der Waals surface area contributed by atoms with Crippen molar-refractivity contribution < 1.29 is 56.7 Å². The molecule has 2 aromatic rings. The molecule has 2 aliphatic heterocycles. The van der Waals surface area contributed by atoms with E-state index in [1.165, 1.54) is 90.4 Å². The van der Waals surface area contributed by atoms with Gasteiger partial charge >= 0.3 is 19.2 Å². The molecule has 66 heavy (non-hydrogen) atoms. The number of unbranched alkanes of at least 4 members (excludes halogenated alkanes) is 15. The second kappa shape index (κ2) is 27.1. The van der Waals surface area contributed by atoms with Crippen LogP contribution in [0.3, 0.4) is 0 Å². The van der Waals surface area contributed by atoms with Crippen LogP contribution in [0.4, 0.5) is 0 Å². The number of rotatable bonds is 32. The molecule has 4 rings (SSSR count). The zero-order valence-electron chi connectivity index (χ0n) is 38.2. The first-order chi connectivity index (χ1) is 31.4. The fraction of sp³-hybridized carbons (Fsp3) is 0.805. The van der Waals surface area contributed by atoms with Crippen molar-refractivity contribution in [1.29, 1.82) is 0 Å². The van der Waals surface area contributed by atoms with Crippen LogP contribution >= 0.6 is 15.6 Å². The number of ether oxygens (including phenoxy) is 3. The molecule has 0 aliphatic carbocycles. The van der Waals surface area contributed by atoms with Gasteiger partial charge in [0.2, 0.25) is 0 Å². The Kier molecular flexibility index (Phi) is 22.7. The van der Waals surface area contributed by atoms with E-state index < -0.39 is 113 Å². The van der Waals surface area contributed by atoms with Crippen LogP contribution in [0.2, 0.25) is 0 Å². The number of nitrogens with one attached hydrogen (secondary N) is 2. The van der Waals surface area contributed by atoms with Crippen LogP contribution in [0.25, 0.3) is 10.4 Å². The number of hydrogen-bond acceptors (Lipinski definition) is 15. The van der Waals surface area contributed by atoms with Gasteiger partial charge in [-0.1, -0.05) is 108 Å². The lowest BCUT2D eigenvalue weighted by molar-refractivity contribution is -0.232. The number of aromatic amines is 2. The van der Waals surface area contributed by atoms with Crippen molar-refractivity contribution in [2.75, 3.05) is 26.4 Å². The molecule has 4 heterocycles. The highest BCUT2D eigenvalue weighted by atomic mass is 31.2. The van der Waals surface area contributed by atoms with Gasteiger partial charge in [-0.3, -0.25) is 42.3 Å². The first kappa shape index (κ1) is 55.3. The third-order valence-electron chi connectivity index (χ3n) is 12.0. The molecular weight excluding hydrogens is 908 g/mol. The maximum absolute atomic E-state index is 13.4. The van der Waals surface area contributed by atoms with E-state index in [1.54, 1.807) is 0 Å². The van der Waals surface area contributed by atoms with E-state index in [9.17, 15) is 53.6 Å². The van der Waals surface area contributed by atoms with E-state index in [-0.39, 0.29) is 24.2 Å². The Balaban J connectivity index is 1.39. The van der Waals surface area contributed by atoms with Crippen LogP contribution in [0.5, 0.6) is 0 Å². The van der Waals surface area contributed by atoms with E-state index in [0.29, 0.717) is 6.42 Å². The van der Waals surface area contributed by atoms with Gasteiger partial charge in [0.25, 0.3) is 18.9 Å². The van der Waals surface area contributed by atoms with Crippen molar-refractivity contribution in [1.82, 2.24) is 19.1 Å². The normalized spacial score (nSPS) is 24.2. The lowest BCUT2D eigenvalue weighted by Gasteiger charge is -2.37. The molecule has 9 unspecified atom stereocenters. The van der Waals surface area contributed by atoms with Crippen LogP contribution < -0.4 is 27.4 Å². The summed E-state index contributed by atoms with van der Waals surface area (Å²) < 4.78 is 61.2. The minimum Gasteiger partial charge on any atom is -0.756 e. The van der Waals surface area contributed by atoms with Gasteiger partial charge in [0, 0.05) is 54.3 Å². The molecule has 374 valence electrons. The summed E-state index contributed by atoms with van der Waals surface area (Å²) in [6.07, 6.45) is 13.6. The zero-order chi connectivity index (χ0) is 48.3. The maximum Gasteiger partial charge on any atom is 0.472 e. The Bertz CT molecular complexity index is 2210. The van der Waals surface area contributed by atoms with Gasteiger partial charge in [-0.05, 0) is 25.8 Å². The molecule has 9 atom stereocenters. The van der Waals surface area contributed by atoms with Crippen LogP contribution in [0.1, 0.15) is 153 Å². The smallest absolute Gasteiger partial charge is 0.472 e. The third kappa shape index (κ3) is 17.7. The highest BCUT2D eigenvalue weighted by Gasteiger charge is 2.53. The van der Waals surface area contributed by atoms with Crippen LogP contribution in [-0.2, 0) is 36.9 Å². The topological polar surface area (TPSA) is 332 Å². The Labute approximate surface area is 383 Å². The summed E-state index contributed by atoms with van der Waals surface area (Å²) in [4.78, 5) is 89.1. The second-order valence-corrected chi connectivity index (χ2v) is 19.8. The fourth-order valence-corrected chi connectivity index (χ4v) is 9.67. The summed E-state index contributed by atoms with van der Waals surface area (Å²) in [6.45, 7) is 2.93. The van der Waals surface area contributed by atoms with Crippen molar-refractivity contribution in [3.8, 4) is 0 Å². The zero-order valence-corrected chi connectivity index (χ0v) is 40.0. The average Bonchev–Trinajstić information content (AvgIpc) is 3.82. The Morgan fingerprint density at radius 2 is 1.36 bits per heavy atom. The molecule has 0 radical (unpaired) electrons. The summed E-state index contributed by atoms with van der Waals surface area (Å²) in [5, 5.41) is 14.5. The van der Waals surface area contributed by atoms with Gasteiger partial charge in [0.1, 0.15) is 24.2 Å². The molecule has 2 fully saturated rings. The number of aliphatic hydroxyl groups is 1. The number of phosphoric ester groups is 2. The van der Waals surface area contributed by atoms with Gasteiger partial charge in [-0.25, -0.2) is 14.2 Å². The summed E-state index contributed by atoms with van der Waals surface area (Å²) >= 11 is 0. The van der Waals surface area contributed by atoms with Crippen molar-refractivity contribution in [3.05, 3.63) is 75.6 Å². The summed E-state index contributed by atoms with van der Waals surface area (Å²) in [7, 11) is -10.5. The van der Waals surface area contributed by atoms with E-state index in [0.717, 1.165) is 41.2 Å². The molecule has 25 heteroatoms. The Hall–Kier alpha value is -3.27. The van der Waals surface area contributed by atoms with Gasteiger partial charge < -0.3 is 38.5 Å². The number of hydrogen-bond donors (Lipinski definition) is 5. The van der Waals surface area contributed by atoms with Gasteiger partial charge in [-0.15, -0.1) is 0 Å². The summed E-state index contributed by atoms with van der Waals surface area (Å²) in [5.74, 6) is 0. The number of aliphatic hydroxyl groups excluding tert-OH is 1. The van der Waals surface area contributed by atoms with Crippen LogP contribution in [0, 0.1) is 13.8 Å². The van der Waals surface area contributed by atoms with Crippen LogP contribution in [0.15, 0.2) is 36.7 Å². The highest BCUT2D eigenvalue weighted by molar-refractivity contribution is 7.47. The number of H-pyrrole nitrogens is 2. The molecule has 0 aromatic carbocycles. The van der Waals surface area contributed by atoms with E-state index >= 15 is 0 Å². The molecule has 2 saturated heterocycles. The quantitative estimate of drug-likeness (QED) is 0.0203. The molecule has 2 aliphatic rings. The predicted molar refractivity (Wildman–Crippen MR) is 238 cm³/mol. The molecule has 0 spiro atoms. The Morgan fingerprint density at radius 1 is 0.848 bits per heavy atom. The first-order valence-electron chi connectivity index (χ1n) is 23.0. The van der Waals surface area contributed by atoms with Gasteiger partial charge in [-0.2, -0.15) is 0 Å². The minimum absolute atomic E-state index is 0.0440. The monoisotopic (exact) mass is 976 g/mol. The SMILES string of the molecule is CCCCCCCCCCCCCCCCCCOC(COP(=O)(O)OCC1OC(n2cc(C)c(=O)[nH]c2=O)CC1N=[N+]=[N-])CC1(CO)OC(n2cc(C)c(=O)[nH]c2=O)CC1OP(=O)([O-])O. The van der Waals surface area contributed by atoms with E-state index in [2.05, 4.69) is 26.9 Å². The van der Waals surface area contributed by atoms with Crippen molar-refractivity contribution in [2.45, 2.75) is 185 Å². The summed E-state index contributed by atoms with van der Waals surface area (Å²) in [5.41, 5.74) is 4.51. The van der Waals surface area contributed by atoms with Crippen molar-refractivity contribution in [3.63, 3.8) is 0 Å². The fourth-order valence-electron chi connectivity index (χ4n) is 8.30. The third-order valence-corrected chi connectivity index (χ3v) is 13.4. The molecule has 0 amide bonds. The highest BCUT2D eigenvalue weighted by Crippen LogP contribution is 2.49. The van der Waals surface area contributed by atoms with E-state index in [1.807, 2.05) is 0 Å². The van der Waals surface area contributed by atoms with Crippen molar-refractivity contribution >= 4 is 15.6 Å². The Morgan fingerprint density at radius 3 is 1.86 bits per heavy atom. The maximum atomic E-state index is 13.4. The summed E-state index contributed by atoms with van der Waals surface area (Å²) in [6, 6.07) is -0.967. The lowest BCUT2D eigenvalue weighted by atomic mass is 9.91. The van der Waals surface area contributed by atoms with Crippen molar-refractivity contribution in [2.24, 2.45) is 5.11 Å². The molecule has 0 bridgehead atoms. The van der Waals surface area contributed by atoms with Crippen LogP contribution in [-0.4, -0.2) is 90.4 Å². The first-order valence-corrected chi connectivity index (χ1v) is 26.0. The molecule has 5 N–H and O–H groups in total. The predicted octanol–water partition coefficient (Wildman–Crippen LogP) is 5.34. The number of azide groups is 1. The minimum atomic E-state index is -5.50. The standard InChI is InChI=1S/C41H69N7O16P2/c1-4-5-6-7-8-9-10-11-12-13-14-15-16-17-18-19-20-59-31(23-41(28-49)34(64-65(54,55)56)22-36(63-41)48-25-30(3)38(51)44-40(48)53)26-60-66(57,58)61-27-33-32(45-46-42)21-35(62-33)47-24-29(2)37(50)43-39(47)52/h24-25,31-36,49H,4-23,26-28H2,1-3H3,(H,57,58)(H,43,50,52)(H,44,51,53)(H2,54,55,56)/p-1. The largest absolute Gasteiger partial charge is 0.756 e. The van der Waals surface area contributed by atoms with Gasteiger partial charge in [0.05, 0.1) is 38.1 Å². The molecule has 0 saturated carbocycles. The number of nitrogens with zero attached hydrogens (tertiary/aromatic N) is 5. The lowest BCUT2D eigenvalue weighted by Crippen LogP contribution is -2.48. The number of aryl methyl sites for hydroxylation is 2. The van der Waals surface area contributed by atoms with Gasteiger partial charge in [0.15, 0.2) is 0 Å². The molecule has 2 aromatic heterocycles. The molecular formula is C41H68N7O16P2-. The average molecular weight is 977 g/mol. The number of phosphoric acid groups is 2. The second-order valence-electron chi connectivity index (χ2n) is 17.2. The molecule has 23 nitrogen and oxygen atoms in total. The number of aromatic nitrogens is 4.